The van der Waals surface area contributed by atoms with Crippen molar-refractivity contribution in [2.75, 3.05) is 44.4 Å². The molecular weight excluding hydrogens is 392 g/mol. The molecular formula is C24H32N4O3. The third-order valence-electron chi connectivity index (χ3n) is 4.95. The lowest BCUT2D eigenvalue weighted by atomic mass is 10.1. The van der Waals surface area contributed by atoms with E-state index in [1.165, 1.54) is 0 Å². The summed E-state index contributed by atoms with van der Waals surface area (Å²) < 4.78 is 0. The molecule has 0 aliphatic carbocycles. The summed E-state index contributed by atoms with van der Waals surface area (Å²) in [6.07, 6.45) is 1.09. The maximum Gasteiger partial charge on any atom is 0.253 e. The molecule has 166 valence electrons. The molecule has 2 N–H and O–H groups in total. The minimum atomic E-state index is -0.208. The highest BCUT2D eigenvalue weighted by Gasteiger charge is 2.13. The topological polar surface area (TPSA) is 81.8 Å². The Hall–Kier alpha value is -3.35. The van der Waals surface area contributed by atoms with Crippen molar-refractivity contribution >= 4 is 29.1 Å². The minimum absolute atomic E-state index is 0.0520. The first-order chi connectivity index (χ1) is 14.8. The second-order valence-electron chi connectivity index (χ2n) is 7.45. The van der Waals surface area contributed by atoms with Crippen molar-refractivity contribution in [1.82, 2.24) is 9.80 Å². The molecule has 0 aliphatic heterocycles. The van der Waals surface area contributed by atoms with Crippen LogP contribution in [0.2, 0.25) is 0 Å². The van der Waals surface area contributed by atoms with E-state index in [-0.39, 0.29) is 24.3 Å². The van der Waals surface area contributed by atoms with Crippen molar-refractivity contribution in [2.45, 2.75) is 26.7 Å². The van der Waals surface area contributed by atoms with Crippen LogP contribution in [-0.4, -0.2) is 61.3 Å². The zero-order valence-electron chi connectivity index (χ0n) is 18.8. The van der Waals surface area contributed by atoms with Crippen LogP contribution in [0.4, 0.5) is 11.4 Å². The maximum atomic E-state index is 12.5. The molecule has 0 heterocycles. The lowest BCUT2D eigenvalue weighted by molar-refractivity contribution is -0.128. The van der Waals surface area contributed by atoms with Crippen molar-refractivity contribution < 1.29 is 14.4 Å². The Balaban J connectivity index is 1.91. The largest absolute Gasteiger partial charge is 0.376 e. The average Bonchev–Trinajstić information content (AvgIpc) is 2.77. The monoisotopic (exact) mass is 424 g/mol. The number of benzene rings is 2. The van der Waals surface area contributed by atoms with Gasteiger partial charge in [-0.15, -0.1) is 0 Å². The number of hydrogen-bond donors (Lipinski definition) is 2. The van der Waals surface area contributed by atoms with Crippen molar-refractivity contribution in [1.29, 1.82) is 0 Å². The molecule has 0 saturated carbocycles. The van der Waals surface area contributed by atoms with E-state index >= 15 is 0 Å². The van der Waals surface area contributed by atoms with Crippen LogP contribution < -0.4 is 10.6 Å². The summed E-state index contributed by atoms with van der Waals surface area (Å²) in [4.78, 5) is 39.9. The molecule has 0 unspecified atom stereocenters. The van der Waals surface area contributed by atoms with Crippen LogP contribution in [0.25, 0.3) is 0 Å². The van der Waals surface area contributed by atoms with E-state index in [1.807, 2.05) is 38.1 Å². The van der Waals surface area contributed by atoms with E-state index in [0.29, 0.717) is 37.2 Å². The van der Waals surface area contributed by atoms with Gasteiger partial charge in [-0.3, -0.25) is 14.4 Å². The van der Waals surface area contributed by atoms with E-state index < -0.39 is 0 Å². The molecule has 2 aromatic rings. The second kappa shape index (κ2) is 11.7. The molecule has 2 rings (SSSR count). The van der Waals surface area contributed by atoms with Crippen LogP contribution >= 0.6 is 0 Å². The van der Waals surface area contributed by atoms with E-state index in [2.05, 4.69) is 10.6 Å². The molecule has 2 aromatic carbocycles. The van der Waals surface area contributed by atoms with E-state index in [0.717, 1.165) is 11.3 Å². The van der Waals surface area contributed by atoms with Gasteiger partial charge >= 0.3 is 0 Å². The number of nitrogens with one attached hydrogen (secondary N) is 2. The summed E-state index contributed by atoms with van der Waals surface area (Å²) in [6.45, 7) is 5.24. The fourth-order valence-corrected chi connectivity index (χ4v) is 3.12. The highest BCUT2D eigenvalue weighted by atomic mass is 16.2. The van der Waals surface area contributed by atoms with E-state index in [4.69, 9.17) is 0 Å². The van der Waals surface area contributed by atoms with Gasteiger partial charge in [-0.1, -0.05) is 18.2 Å². The Morgan fingerprint density at radius 3 is 2.26 bits per heavy atom. The number of hydrogen-bond acceptors (Lipinski definition) is 4. The van der Waals surface area contributed by atoms with Gasteiger partial charge in [-0.2, -0.15) is 0 Å². The number of carbonyl (C=O) groups excluding carboxylic acids is 3. The molecule has 0 fully saturated rings. The summed E-state index contributed by atoms with van der Waals surface area (Å²) in [5, 5.41) is 5.93. The van der Waals surface area contributed by atoms with Crippen molar-refractivity contribution in [3.63, 3.8) is 0 Å². The predicted octanol–water partition coefficient (Wildman–Crippen LogP) is 3.24. The normalized spacial score (nSPS) is 10.3. The van der Waals surface area contributed by atoms with Crippen LogP contribution in [0.1, 0.15) is 36.2 Å². The van der Waals surface area contributed by atoms with Crippen LogP contribution in [0.5, 0.6) is 0 Å². The van der Waals surface area contributed by atoms with Crippen LogP contribution in [0.3, 0.4) is 0 Å². The molecule has 0 radical (unpaired) electrons. The van der Waals surface area contributed by atoms with Gasteiger partial charge < -0.3 is 20.4 Å². The molecule has 0 saturated heterocycles. The standard InChI is InChI=1S/C24H32N4O3/c1-5-28(6-2)24(31)19-10-8-12-21(16-19)26-22(29)17-25-20-11-7-9-18(15-20)13-14-23(30)27(3)4/h7-12,15-16,25H,5-6,13-14,17H2,1-4H3,(H,26,29). The van der Waals surface area contributed by atoms with Gasteiger partial charge in [0, 0.05) is 50.5 Å². The van der Waals surface area contributed by atoms with Gasteiger partial charge in [-0.05, 0) is 56.2 Å². The Labute approximate surface area is 184 Å². The SMILES string of the molecule is CCN(CC)C(=O)c1cccc(NC(=O)CNc2cccc(CCC(=O)N(C)C)c2)c1. The first-order valence-corrected chi connectivity index (χ1v) is 10.6. The second-order valence-corrected chi connectivity index (χ2v) is 7.45. The summed E-state index contributed by atoms with van der Waals surface area (Å²) >= 11 is 0. The predicted molar refractivity (Wildman–Crippen MR) is 124 cm³/mol. The Kier molecular flexibility index (Phi) is 9.06. The molecule has 31 heavy (non-hydrogen) atoms. The zero-order chi connectivity index (χ0) is 22.8. The van der Waals surface area contributed by atoms with Gasteiger partial charge in [-0.25, -0.2) is 0 Å². The molecule has 3 amide bonds. The van der Waals surface area contributed by atoms with E-state index in [1.54, 1.807) is 48.2 Å². The minimum Gasteiger partial charge on any atom is -0.376 e. The number of amides is 3. The lowest BCUT2D eigenvalue weighted by Crippen LogP contribution is -2.30. The van der Waals surface area contributed by atoms with Crippen molar-refractivity contribution in [3.8, 4) is 0 Å². The molecule has 0 spiro atoms. The Morgan fingerprint density at radius 1 is 0.903 bits per heavy atom. The zero-order valence-corrected chi connectivity index (χ0v) is 18.8. The Bertz CT molecular complexity index is 907. The van der Waals surface area contributed by atoms with Crippen LogP contribution in [-0.2, 0) is 16.0 Å². The van der Waals surface area contributed by atoms with Gasteiger partial charge in [0.1, 0.15) is 0 Å². The summed E-state index contributed by atoms with van der Waals surface area (Å²) in [5.41, 5.74) is 2.98. The van der Waals surface area contributed by atoms with Gasteiger partial charge in [0.25, 0.3) is 5.91 Å². The third kappa shape index (κ3) is 7.44. The first-order valence-electron chi connectivity index (χ1n) is 10.6. The average molecular weight is 425 g/mol. The summed E-state index contributed by atoms with van der Waals surface area (Å²) in [7, 11) is 3.49. The highest BCUT2D eigenvalue weighted by molar-refractivity contribution is 5.98. The molecule has 0 bridgehead atoms. The molecule has 0 atom stereocenters. The van der Waals surface area contributed by atoms with E-state index in [9.17, 15) is 14.4 Å². The lowest BCUT2D eigenvalue weighted by Gasteiger charge is -2.19. The van der Waals surface area contributed by atoms with Crippen LogP contribution in [0, 0.1) is 0 Å². The van der Waals surface area contributed by atoms with Gasteiger partial charge in [0.2, 0.25) is 11.8 Å². The van der Waals surface area contributed by atoms with Crippen molar-refractivity contribution in [2.24, 2.45) is 0 Å². The first kappa shape index (κ1) is 23.9. The fourth-order valence-electron chi connectivity index (χ4n) is 3.12. The van der Waals surface area contributed by atoms with Gasteiger partial charge in [0.05, 0.1) is 6.54 Å². The van der Waals surface area contributed by atoms with Gasteiger partial charge in [0.15, 0.2) is 0 Å². The summed E-state index contributed by atoms with van der Waals surface area (Å²) in [5.74, 6) is -0.177. The fraction of sp³-hybridized carbons (Fsp3) is 0.375. The van der Waals surface area contributed by atoms with Crippen molar-refractivity contribution in [3.05, 3.63) is 59.7 Å². The number of anilines is 2. The Morgan fingerprint density at radius 2 is 1.58 bits per heavy atom. The quantitative estimate of drug-likeness (QED) is 0.614. The summed E-state index contributed by atoms with van der Waals surface area (Å²) in [6, 6.07) is 14.7. The molecule has 0 aliphatic rings. The highest BCUT2D eigenvalue weighted by Crippen LogP contribution is 2.15. The van der Waals surface area contributed by atoms with Crippen LogP contribution in [0.15, 0.2) is 48.5 Å². The molecule has 7 nitrogen and oxygen atoms in total. The smallest absolute Gasteiger partial charge is 0.253 e. The number of carbonyl (C=O) groups is 3. The molecule has 7 heteroatoms. The molecule has 0 aromatic heterocycles. The third-order valence-corrected chi connectivity index (χ3v) is 4.95. The number of rotatable bonds is 10. The maximum absolute atomic E-state index is 12.5. The number of aryl methyl sites for hydroxylation is 1. The number of nitrogens with zero attached hydrogens (tertiary/aromatic N) is 2.